The van der Waals surface area contributed by atoms with Crippen LogP contribution >= 0.6 is 0 Å². The largest absolute Gasteiger partial charge is 0.398 e. The van der Waals surface area contributed by atoms with Crippen molar-refractivity contribution in [3.63, 3.8) is 0 Å². The summed E-state index contributed by atoms with van der Waals surface area (Å²) in [6, 6.07) is 9.80. The molecule has 47 heavy (non-hydrogen) atoms. The normalized spacial score (nSPS) is 10.1. The van der Waals surface area contributed by atoms with Crippen LogP contribution < -0.4 is 16.4 Å². The number of nitrogens with zero attached hydrogens (tertiary/aromatic N) is 2. The van der Waals surface area contributed by atoms with Crippen molar-refractivity contribution in [1.82, 2.24) is 20.3 Å². The van der Waals surface area contributed by atoms with Crippen molar-refractivity contribution in [2.75, 3.05) is 18.1 Å². The quantitative estimate of drug-likeness (QED) is 0.0571. The summed E-state index contributed by atoms with van der Waals surface area (Å²) in [5, 5.41) is 6.24. The number of anilines is 2. The third-order valence-corrected chi connectivity index (χ3v) is 6.51. The van der Waals surface area contributed by atoms with E-state index in [1.807, 2.05) is 53.0 Å². The van der Waals surface area contributed by atoms with Gasteiger partial charge in [0.25, 0.3) is 0 Å². The summed E-state index contributed by atoms with van der Waals surface area (Å²) in [7, 11) is 1.81. The van der Waals surface area contributed by atoms with Gasteiger partial charge in [0.15, 0.2) is 0 Å². The van der Waals surface area contributed by atoms with Gasteiger partial charge in [0, 0.05) is 52.9 Å². The van der Waals surface area contributed by atoms with Crippen LogP contribution in [0.3, 0.4) is 0 Å². The van der Waals surface area contributed by atoms with Crippen molar-refractivity contribution in [3.8, 4) is 24.0 Å². The van der Waals surface area contributed by atoms with Gasteiger partial charge in [-0.05, 0) is 73.5 Å². The van der Waals surface area contributed by atoms with Crippen LogP contribution in [0.25, 0.3) is 16.7 Å². The predicted octanol–water partition coefficient (Wildman–Crippen LogP) is 9.14. The van der Waals surface area contributed by atoms with Crippen LogP contribution in [0.4, 0.5) is 20.2 Å². The lowest BCUT2D eigenvalue weighted by molar-refractivity contribution is 0.623. The first-order valence-corrected chi connectivity index (χ1v) is 15.1. The summed E-state index contributed by atoms with van der Waals surface area (Å²) in [5.74, 6) is -0.123. The smallest absolute Gasteiger partial charge is 0.133 e. The Labute approximate surface area is 279 Å². The maximum absolute atomic E-state index is 15.1. The maximum atomic E-state index is 15.1. The standard InChI is InChI=1S/C32H34F2N6.C3H4.C2H6.C2H2/c1-6-8-27(22-9-21(16-36-5)10-25(33)11-22)32-20(4)39-31(40-32)14-23-13-28(29(34)15-30(23)35)24-12-26(18-37-17-24)38-19(3)7-2;1-3-2;2*1-2/h6,8-13,15,17-18,36,38H,1,3,7,14,16,35H2,2,4-5H3,(H,39,40);1-2H2;1-2H3;1-2H/b27-8-;;;. The highest BCUT2D eigenvalue weighted by molar-refractivity contribution is 5.80. The number of pyridine rings is 1. The lowest BCUT2D eigenvalue weighted by atomic mass is 9.98. The van der Waals surface area contributed by atoms with Gasteiger partial charge in [-0.3, -0.25) is 4.98 Å². The average molecular weight is 637 g/mol. The Morgan fingerprint density at radius 1 is 1.09 bits per heavy atom. The number of terminal acetylenes is 1. The number of aromatic nitrogens is 3. The summed E-state index contributed by atoms with van der Waals surface area (Å²) in [6.07, 6.45) is 15.9. The van der Waals surface area contributed by atoms with Gasteiger partial charge in [-0.25, -0.2) is 13.8 Å². The highest BCUT2D eigenvalue weighted by Crippen LogP contribution is 2.31. The molecule has 0 radical (unpaired) electrons. The topological polar surface area (TPSA) is 91.7 Å². The van der Waals surface area contributed by atoms with E-state index in [0.717, 1.165) is 34.6 Å². The first kappa shape index (κ1) is 39.5. The molecule has 8 heteroatoms. The molecule has 4 aromatic rings. The van der Waals surface area contributed by atoms with Crippen LogP contribution in [-0.2, 0) is 13.0 Å². The SMILES string of the molecule is C#C.C=C/C=C(/c1cc(F)cc(CNC)c1)c1nc(Cc2cc(-c3cncc(NC(=C)CC)c3)c(F)cc2N)[nH]c1C.C=C=C.CC. The molecular formula is C39H46F2N6. The van der Waals surface area contributed by atoms with E-state index in [9.17, 15) is 4.39 Å². The molecule has 0 spiro atoms. The molecule has 0 saturated carbocycles. The fourth-order valence-corrected chi connectivity index (χ4v) is 4.55. The number of nitrogens with one attached hydrogen (secondary N) is 3. The minimum Gasteiger partial charge on any atom is -0.398 e. The number of nitrogens with two attached hydrogens (primary N) is 1. The van der Waals surface area contributed by atoms with Crippen molar-refractivity contribution in [1.29, 1.82) is 0 Å². The number of rotatable bonds is 11. The average Bonchev–Trinajstić information content (AvgIpc) is 3.42. The van der Waals surface area contributed by atoms with Gasteiger partial charge in [-0.2, -0.15) is 0 Å². The first-order valence-electron chi connectivity index (χ1n) is 15.1. The van der Waals surface area contributed by atoms with Crippen molar-refractivity contribution >= 4 is 16.9 Å². The summed E-state index contributed by atoms with van der Waals surface area (Å²) >= 11 is 0. The third-order valence-electron chi connectivity index (χ3n) is 6.51. The molecular weight excluding hydrogens is 590 g/mol. The fraction of sp³-hybridized carbons (Fsp3) is 0.205. The monoisotopic (exact) mass is 636 g/mol. The molecule has 2 aromatic heterocycles. The Kier molecular flexibility index (Phi) is 17.3. The van der Waals surface area contributed by atoms with E-state index in [-0.39, 0.29) is 5.82 Å². The molecule has 0 aliphatic carbocycles. The van der Waals surface area contributed by atoms with Crippen molar-refractivity contribution < 1.29 is 8.78 Å². The molecule has 246 valence electrons. The molecule has 0 unspecified atom stereocenters. The number of hydrogen-bond acceptors (Lipinski definition) is 5. The lowest BCUT2D eigenvalue weighted by Crippen LogP contribution is -2.06. The first-order chi connectivity index (χ1) is 22.6. The van der Waals surface area contributed by atoms with Gasteiger partial charge in [-0.1, -0.05) is 59.2 Å². The second kappa shape index (κ2) is 20.5. The molecule has 0 amide bonds. The Bertz CT molecular complexity index is 1720. The number of nitrogen functional groups attached to an aromatic ring is 1. The third kappa shape index (κ3) is 11.4. The Balaban J connectivity index is 0.00000146. The van der Waals surface area contributed by atoms with Crippen LogP contribution in [-0.4, -0.2) is 22.0 Å². The molecule has 0 aliphatic heterocycles. The number of aryl methyl sites for hydroxylation is 1. The zero-order chi connectivity index (χ0) is 35.5. The van der Waals surface area contributed by atoms with E-state index < -0.39 is 5.82 Å². The lowest BCUT2D eigenvalue weighted by Gasteiger charge is -2.12. The second-order valence-corrected chi connectivity index (χ2v) is 9.85. The summed E-state index contributed by atoms with van der Waals surface area (Å²) in [6.45, 7) is 22.5. The highest BCUT2D eigenvalue weighted by Gasteiger charge is 2.17. The van der Waals surface area contributed by atoms with E-state index in [2.05, 4.69) is 65.5 Å². The minimum atomic E-state index is -0.439. The summed E-state index contributed by atoms with van der Waals surface area (Å²) in [5.41, 5.74) is 15.8. The summed E-state index contributed by atoms with van der Waals surface area (Å²) in [4.78, 5) is 12.4. The molecule has 0 bridgehead atoms. The number of H-pyrrole nitrogens is 1. The van der Waals surface area contributed by atoms with Gasteiger partial charge in [0.2, 0.25) is 0 Å². The zero-order valence-electron chi connectivity index (χ0n) is 28.1. The number of imidazole rings is 1. The number of halogens is 2. The molecule has 5 N–H and O–H groups in total. The van der Waals surface area contributed by atoms with Crippen LogP contribution in [0, 0.1) is 31.4 Å². The second-order valence-electron chi connectivity index (χ2n) is 9.85. The van der Waals surface area contributed by atoms with Crippen LogP contribution in [0.2, 0.25) is 0 Å². The van der Waals surface area contributed by atoms with E-state index >= 15 is 4.39 Å². The van der Waals surface area contributed by atoms with E-state index in [1.54, 1.807) is 24.5 Å². The number of allylic oxidation sites excluding steroid dienone is 3. The van der Waals surface area contributed by atoms with E-state index in [1.165, 1.54) is 18.2 Å². The Morgan fingerprint density at radius 3 is 2.38 bits per heavy atom. The molecule has 0 fully saturated rings. The van der Waals surface area contributed by atoms with Gasteiger partial charge >= 0.3 is 0 Å². The fourth-order valence-electron chi connectivity index (χ4n) is 4.55. The van der Waals surface area contributed by atoms with Gasteiger partial charge in [-0.15, -0.1) is 18.6 Å². The minimum absolute atomic E-state index is 0.321. The number of aromatic amines is 1. The molecule has 4 rings (SSSR count). The number of benzene rings is 2. The molecule has 2 aromatic carbocycles. The Morgan fingerprint density at radius 2 is 1.77 bits per heavy atom. The maximum Gasteiger partial charge on any atom is 0.133 e. The van der Waals surface area contributed by atoms with Crippen LogP contribution in [0.5, 0.6) is 0 Å². The van der Waals surface area contributed by atoms with Crippen LogP contribution in [0.15, 0.2) is 98.7 Å². The molecule has 2 heterocycles. The van der Waals surface area contributed by atoms with Gasteiger partial charge in [0.05, 0.1) is 17.6 Å². The van der Waals surface area contributed by atoms with Crippen molar-refractivity contribution in [2.45, 2.75) is 47.1 Å². The van der Waals surface area contributed by atoms with Crippen molar-refractivity contribution in [3.05, 3.63) is 144 Å². The van der Waals surface area contributed by atoms with Gasteiger partial charge < -0.3 is 21.4 Å². The van der Waals surface area contributed by atoms with Gasteiger partial charge in [0.1, 0.15) is 17.5 Å². The molecule has 0 saturated heterocycles. The molecule has 6 nitrogen and oxygen atoms in total. The number of hydrogen-bond donors (Lipinski definition) is 4. The Hall–Kier alpha value is -5.48. The van der Waals surface area contributed by atoms with E-state index in [4.69, 9.17) is 10.7 Å². The van der Waals surface area contributed by atoms with Crippen molar-refractivity contribution in [2.24, 2.45) is 0 Å². The zero-order valence-corrected chi connectivity index (χ0v) is 28.1. The molecule has 0 atom stereocenters. The predicted molar refractivity (Wildman–Crippen MR) is 196 cm³/mol. The molecule has 0 aliphatic rings. The highest BCUT2D eigenvalue weighted by atomic mass is 19.1. The summed E-state index contributed by atoms with van der Waals surface area (Å²) < 4.78 is 29.5. The van der Waals surface area contributed by atoms with Crippen LogP contribution in [0.1, 0.15) is 61.1 Å². The van der Waals surface area contributed by atoms with E-state index in [0.29, 0.717) is 52.4 Å².